The van der Waals surface area contributed by atoms with E-state index >= 15 is 0 Å². The van der Waals surface area contributed by atoms with E-state index in [0.29, 0.717) is 6.07 Å². The largest absolute Gasteiger partial charge is 0.449 e. The van der Waals surface area contributed by atoms with Crippen LogP contribution in [-0.2, 0) is 9.53 Å². The van der Waals surface area contributed by atoms with Crippen molar-refractivity contribution >= 4 is 23.3 Å². The zero-order valence-electron chi connectivity index (χ0n) is 12.9. The summed E-state index contributed by atoms with van der Waals surface area (Å²) in [6, 6.07) is 7.37. The second kappa shape index (κ2) is 7.47. The molecule has 25 heavy (non-hydrogen) atoms. The van der Waals surface area contributed by atoms with E-state index in [1.807, 2.05) is 0 Å². The number of non-ortho nitro benzene ring substituents is 1. The van der Waals surface area contributed by atoms with Gasteiger partial charge in [0.05, 0.1) is 16.2 Å². The summed E-state index contributed by atoms with van der Waals surface area (Å²) in [7, 11) is 0. The van der Waals surface area contributed by atoms with Gasteiger partial charge in [0.2, 0.25) is 0 Å². The molecule has 0 spiro atoms. The lowest BCUT2D eigenvalue weighted by molar-refractivity contribution is -0.384. The third-order valence-corrected chi connectivity index (χ3v) is 3.13. The lowest BCUT2D eigenvalue weighted by atomic mass is 10.2. The van der Waals surface area contributed by atoms with E-state index in [-0.39, 0.29) is 16.9 Å². The molecule has 0 heterocycles. The molecule has 0 aliphatic rings. The van der Waals surface area contributed by atoms with Crippen molar-refractivity contribution in [3.8, 4) is 0 Å². The number of nitro benzene ring substituents is 1. The maximum atomic E-state index is 13.5. The number of anilines is 1. The topological polar surface area (TPSA) is 98.5 Å². The van der Waals surface area contributed by atoms with Crippen molar-refractivity contribution in [3.05, 3.63) is 69.8 Å². The molecule has 1 N–H and O–H groups in total. The van der Waals surface area contributed by atoms with E-state index in [1.54, 1.807) is 0 Å². The summed E-state index contributed by atoms with van der Waals surface area (Å²) in [5, 5.41) is 12.8. The molecule has 2 aromatic carbocycles. The van der Waals surface area contributed by atoms with E-state index in [9.17, 15) is 28.5 Å². The standard InChI is InChI=1S/C16H12F2N2O5/c1-9(15(21)19-14-6-5-11(17)8-13(14)18)25-16(22)10-3-2-4-12(7-10)20(23)24/h2-9H,1H3,(H,19,21)/t9-/m1/s1. The quantitative estimate of drug-likeness (QED) is 0.508. The van der Waals surface area contributed by atoms with Crippen LogP contribution in [0.3, 0.4) is 0 Å². The fourth-order valence-electron chi connectivity index (χ4n) is 1.85. The molecular weight excluding hydrogens is 338 g/mol. The Labute approximate surface area is 140 Å². The number of rotatable bonds is 5. The van der Waals surface area contributed by atoms with Crippen LogP contribution in [0.5, 0.6) is 0 Å². The van der Waals surface area contributed by atoms with Crippen molar-refractivity contribution in [2.45, 2.75) is 13.0 Å². The molecule has 7 nitrogen and oxygen atoms in total. The van der Waals surface area contributed by atoms with E-state index in [2.05, 4.69) is 5.32 Å². The zero-order chi connectivity index (χ0) is 18.6. The number of benzene rings is 2. The van der Waals surface area contributed by atoms with Gasteiger partial charge in [0, 0.05) is 18.2 Å². The lowest BCUT2D eigenvalue weighted by Gasteiger charge is -2.14. The molecule has 1 atom stereocenters. The van der Waals surface area contributed by atoms with Crippen molar-refractivity contribution in [1.82, 2.24) is 0 Å². The summed E-state index contributed by atoms with van der Waals surface area (Å²) in [6.45, 7) is 1.24. The highest BCUT2D eigenvalue weighted by Gasteiger charge is 2.21. The Morgan fingerprint density at radius 1 is 1.20 bits per heavy atom. The van der Waals surface area contributed by atoms with Gasteiger partial charge in [-0.25, -0.2) is 13.6 Å². The molecule has 0 saturated carbocycles. The molecular formula is C16H12F2N2O5. The average Bonchev–Trinajstić information content (AvgIpc) is 2.57. The van der Waals surface area contributed by atoms with Crippen LogP contribution >= 0.6 is 0 Å². The number of nitrogens with zero attached hydrogens (tertiary/aromatic N) is 1. The molecule has 9 heteroatoms. The highest BCUT2D eigenvalue weighted by Crippen LogP contribution is 2.17. The summed E-state index contributed by atoms with van der Waals surface area (Å²) in [6.07, 6.45) is -1.31. The summed E-state index contributed by atoms with van der Waals surface area (Å²) in [5.41, 5.74) is -0.689. The first-order valence-corrected chi connectivity index (χ1v) is 6.99. The Morgan fingerprint density at radius 2 is 1.92 bits per heavy atom. The van der Waals surface area contributed by atoms with Gasteiger partial charge >= 0.3 is 5.97 Å². The van der Waals surface area contributed by atoms with Crippen molar-refractivity contribution in [3.63, 3.8) is 0 Å². The molecule has 0 radical (unpaired) electrons. The van der Waals surface area contributed by atoms with Crippen molar-refractivity contribution in [1.29, 1.82) is 0 Å². The normalized spacial score (nSPS) is 11.5. The van der Waals surface area contributed by atoms with Crippen LogP contribution in [0.25, 0.3) is 0 Å². The van der Waals surface area contributed by atoms with Crippen LogP contribution in [-0.4, -0.2) is 22.9 Å². The van der Waals surface area contributed by atoms with Gasteiger partial charge in [0.15, 0.2) is 6.10 Å². The number of nitrogens with one attached hydrogen (secondary N) is 1. The maximum absolute atomic E-state index is 13.5. The maximum Gasteiger partial charge on any atom is 0.339 e. The van der Waals surface area contributed by atoms with E-state index in [0.717, 1.165) is 18.2 Å². The Hall–Kier alpha value is -3.36. The van der Waals surface area contributed by atoms with Gasteiger partial charge in [-0.3, -0.25) is 14.9 Å². The van der Waals surface area contributed by atoms with Crippen LogP contribution in [0.2, 0.25) is 0 Å². The molecule has 0 fully saturated rings. The molecule has 0 unspecified atom stereocenters. The second-order valence-electron chi connectivity index (χ2n) is 4.97. The number of hydrogen-bond donors (Lipinski definition) is 1. The third kappa shape index (κ3) is 4.56. The monoisotopic (exact) mass is 350 g/mol. The Bertz CT molecular complexity index is 841. The number of nitro groups is 1. The number of hydrogen-bond acceptors (Lipinski definition) is 5. The Morgan fingerprint density at radius 3 is 2.56 bits per heavy atom. The minimum atomic E-state index is -1.31. The van der Waals surface area contributed by atoms with Gasteiger partial charge in [-0.05, 0) is 25.1 Å². The molecule has 0 saturated heterocycles. The number of halogens is 2. The van der Waals surface area contributed by atoms with E-state index in [4.69, 9.17) is 4.74 Å². The van der Waals surface area contributed by atoms with Crippen LogP contribution < -0.4 is 5.32 Å². The predicted molar refractivity (Wildman–Crippen MR) is 83.0 cm³/mol. The van der Waals surface area contributed by atoms with E-state index in [1.165, 1.54) is 25.1 Å². The molecule has 2 aromatic rings. The van der Waals surface area contributed by atoms with Gasteiger partial charge in [-0.15, -0.1) is 0 Å². The van der Waals surface area contributed by atoms with Crippen molar-refractivity contribution in [2.75, 3.05) is 5.32 Å². The SMILES string of the molecule is C[C@@H](OC(=O)c1cccc([N+](=O)[O-])c1)C(=O)Nc1ccc(F)cc1F. The smallest absolute Gasteiger partial charge is 0.339 e. The minimum Gasteiger partial charge on any atom is -0.449 e. The molecule has 130 valence electrons. The lowest BCUT2D eigenvalue weighted by Crippen LogP contribution is -2.30. The summed E-state index contributed by atoms with van der Waals surface area (Å²) < 4.78 is 31.2. The molecule has 1 amide bonds. The average molecular weight is 350 g/mol. The van der Waals surface area contributed by atoms with Crippen LogP contribution in [0.15, 0.2) is 42.5 Å². The van der Waals surface area contributed by atoms with Crippen LogP contribution in [0.4, 0.5) is 20.2 Å². The summed E-state index contributed by atoms with van der Waals surface area (Å²) in [4.78, 5) is 33.9. The summed E-state index contributed by atoms with van der Waals surface area (Å²) >= 11 is 0. The number of carbonyl (C=O) groups excluding carboxylic acids is 2. The number of ether oxygens (including phenoxy) is 1. The fourth-order valence-corrected chi connectivity index (χ4v) is 1.85. The van der Waals surface area contributed by atoms with Gasteiger partial charge in [-0.2, -0.15) is 0 Å². The predicted octanol–water partition coefficient (Wildman–Crippen LogP) is 3.06. The minimum absolute atomic E-state index is 0.109. The molecule has 0 aliphatic heterocycles. The van der Waals surface area contributed by atoms with Gasteiger partial charge in [0.25, 0.3) is 11.6 Å². The molecule has 0 aromatic heterocycles. The number of amides is 1. The summed E-state index contributed by atoms with van der Waals surface area (Å²) in [5.74, 6) is -3.58. The van der Waals surface area contributed by atoms with Gasteiger partial charge in [0.1, 0.15) is 11.6 Å². The second-order valence-corrected chi connectivity index (χ2v) is 4.97. The highest BCUT2D eigenvalue weighted by molar-refractivity contribution is 5.97. The van der Waals surface area contributed by atoms with Crippen LogP contribution in [0, 0.1) is 21.7 Å². The highest BCUT2D eigenvalue weighted by atomic mass is 19.1. The molecule has 0 aliphatic carbocycles. The van der Waals surface area contributed by atoms with Gasteiger partial charge < -0.3 is 10.1 Å². The Kier molecular flexibility index (Phi) is 5.38. The molecule has 2 rings (SSSR count). The number of esters is 1. The third-order valence-electron chi connectivity index (χ3n) is 3.13. The number of carbonyl (C=O) groups is 2. The molecule has 0 bridgehead atoms. The fraction of sp³-hybridized carbons (Fsp3) is 0.125. The van der Waals surface area contributed by atoms with E-state index < -0.39 is 34.5 Å². The Balaban J connectivity index is 2.04. The zero-order valence-corrected chi connectivity index (χ0v) is 12.9. The van der Waals surface area contributed by atoms with Crippen LogP contribution in [0.1, 0.15) is 17.3 Å². The van der Waals surface area contributed by atoms with Crippen molar-refractivity contribution < 1.29 is 28.0 Å². The first-order valence-electron chi connectivity index (χ1n) is 6.99. The first kappa shape index (κ1) is 18.0. The first-order chi connectivity index (χ1) is 11.8. The van der Waals surface area contributed by atoms with Crippen molar-refractivity contribution in [2.24, 2.45) is 0 Å². The van der Waals surface area contributed by atoms with Gasteiger partial charge in [-0.1, -0.05) is 6.07 Å².